The van der Waals surface area contributed by atoms with E-state index in [1.54, 1.807) is 23.1 Å². The maximum absolute atomic E-state index is 4.24. The Hall–Kier alpha value is -0.800. The highest BCUT2D eigenvalue weighted by atomic mass is 32.2. The van der Waals surface area contributed by atoms with E-state index in [-0.39, 0.29) is 0 Å². The lowest BCUT2D eigenvalue weighted by Gasteiger charge is -2.00. The van der Waals surface area contributed by atoms with Crippen LogP contribution in [0, 0.1) is 6.42 Å². The SMILES string of the molecule is C[CH]c1cccc(Sc2nccs2)c1. The average molecular weight is 220 g/mol. The molecule has 1 radical (unpaired) electrons. The van der Waals surface area contributed by atoms with Crippen LogP contribution in [-0.2, 0) is 0 Å². The fraction of sp³-hybridized carbons (Fsp3) is 0.0909. The Kier molecular flexibility index (Phi) is 3.22. The molecule has 1 heterocycles. The fourth-order valence-electron chi connectivity index (χ4n) is 1.12. The summed E-state index contributed by atoms with van der Waals surface area (Å²) >= 11 is 3.38. The number of aromatic nitrogens is 1. The van der Waals surface area contributed by atoms with Gasteiger partial charge in [0.1, 0.15) is 0 Å². The number of nitrogens with zero attached hydrogens (tertiary/aromatic N) is 1. The molecule has 0 spiro atoms. The van der Waals surface area contributed by atoms with Gasteiger partial charge in [-0.3, -0.25) is 0 Å². The number of benzene rings is 1. The van der Waals surface area contributed by atoms with Gasteiger partial charge in [0.15, 0.2) is 4.34 Å². The summed E-state index contributed by atoms with van der Waals surface area (Å²) in [7, 11) is 0. The van der Waals surface area contributed by atoms with Crippen LogP contribution in [0.4, 0.5) is 0 Å². The molecular weight excluding hydrogens is 210 g/mol. The molecule has 0 atom stereocenters. The van der Waals surface area contributed by atoms with Crippen molar-refractivity contribution in [2.24, 2.45) is 0 Å². The van der Waals surface area contributed by atoms with Gasteiger partial charge in [-0.05, 0) is 24.1 Å². The third kappa shape index (κ3) is 2.36. The molecule has 3 heteroatoms. The number of hydrogen-bond acceptors (Lipinski definition) is 3. The van der Waals surface area contributed by atoms with Crippen molar-refractivity contribution >= 4 is 23.1 Å². The van der Waals surface area contributed by atoms with Crippen molar-refractivity contribution in [3.63, 3.8) is 0 Å². The lowest BCUT2D eigenvalue weighted by atomic mass is 10.2. The van der Waals surface area contributed by atoms with Crippen LogP contribution in [0.15, 0.2) is 45.1 Å². The summed E-state index contributed by atoms with van der Waals surface area (Å²) in [5, 5.41) is 2.00. The summed E-state index contributed by atoms with van der Waals surface area (Å²) in [6.07, 6.45) is 3.94. The summed E-state index contributed by atoms with van der Waals surface area (Å²) in [5.74, 6) is 0. The summed E-state index contributed by atoms with van der Waals surface area (Å²) in [5.41, 5.74) is 1.26. The minimum atomic E-state index is 1.10. The summed E-state index contributed by atoms with van der Waals surface area (Å²) < 4.78 is 1.10. The van der Waals surface area contributed by atoms with Gasteiger partial charge >= 0.3 is 0 Å². The van der Waals surface area contributed by atoms with Gasteiger partial charge in [0.2, 0.25) is 0 Å². The zero-order chi connectivity index (χ0) is 9.80. The molecule has 0 bridgehead atoms. The van der Waals surface area contributed by atoms with Crippen LogP contribution >= 0.6 is 23.1 Å². The van der Waals surface area contributed by atoms with Crippen molar-refractivity contribution in [3.8, 4) is 0 Å². The molecule has 2 rings (SSSR count). The fourth-order valence-corrected chi connectivity index (χ4v) is 2.78. The van der Waals surface area contributed by atoms with E-state index in [0.29, 0.717) is 0 Å². The van der Waals surface area contributed by atoms with Crippen LogP contribution in [0.3, 0.4) is 0 Å². The second-order valence-corrected chi connectivity index (χ2v) is 4.98. The minimum Gasteiger partial charge on any atom is -0.238 e. The van der Waals surface area contributed by atoms with Gasteiger partial charge < -0.3 is 0 Å². The highest BCUT2D eigenvalue weighted by Crippen LogP contribution is 2.29. The third-order valence-electron chi connectivity index (χ3n) is 1.81. The maximum atomic E-state index is 4.24. The minimum absolute atomic E-state index is 1.10. The zero-order valence-corrected chi connectivity index (χ0v) is 9.44. The molecule has 0 fully saturated rings. The first kappa shape index (κ1) is 9.74. The maximum Gasteiger partial charge on any atom is 0.154 e. The quantitative estimate of drug-likeness (QED) is 0.779. The van der Waals surface area contributed by atoms with Crippen LogP contribution in [0.1, 0.15) is 12.5 Å². The Morgan fingerprint density at radius 3 is 3.07 bits per heavy atom. The summed E-state index contributed by atoms with van der Waals surface area (Å²) in [6, 6.07) is 8.46. The zero-order valence-electron chi connectivity index (χ0n) is 7.81. The largest absolute Gasteiger partial charge is 0.238 e. The van der Waals surface area contributed by atoms with Crippen molar-refractivity contribution < 1.29 is 0 Å². The average Bonchev–Trinajstić information content (AvgIpc) is 2.71. The van der Waals surface area contributed by atoms with Crippen LogP contribution < -0.4 is 0 Å². The standard InChI is InChI=1S/C11H10NS2/c1-2-9-4-3-5-10(8-9)14-11-12-6-7-13-11/h2-8H,1H3. The molecule has 0 aliphatic heterocycles. The highest BCUT2D eigenvalue weighted by molar-refractivity contribution is 8.01. The predicted octanol–water partition coefficient (Wildman–Crippen LogP) is 3.87. The second kappa shape index (κ2) is 4.62. The molecule has 0 aliphatic rings. The molecule has 0 unspecified atom stereocenters. The predicted molar refractivity (Wildman–Crippen MR) is 61.8 cm³/mol. The van der Waals surface area contributed by atoms with Crippen molar-refractivity contribution in [2.75, 3.05) is 0 Å². The van der Waals surface area contributed by atoms with Crippen molar-refractivity contribution in [1.82, 2.24) is 4.98 Å². The first-order valence-electron chi connectivity index (χ1n) is 4.35. The molecule has 0 saturated carbocycles. The van der Waals surface area contributed by atoms with E-state index in [1.807, 2.05) is 18.5 Å². The number of rotatable bonds is 3. The van der Waals surface area contributed by atoms with E-state index < -0.39 is 0 Å². The van der Waals surface area contributed by atoms with E-state index in [2.05, 4.69) is 35.7 Å². The van der Waals surface area contributed by atoms with Gasteiger partial charge in [-0.15, -0.1) is 11.3 Å². The van der Waals surface area contributed by atoms with Crippen LogP contribution in [-0.4, -0.2) is 4.98 Å². The number of thiazole rings is 1. The number of hydrogen-bond donors (Lipinski definition) is 0. The molecule has 71 valence electrons. The Labute approximate surface area is 92.2 Å². The Morgan fingerprint density at radius 2 is 2.36 bits per heavy atom. The normalized spacial score (nSPS) is 10.4. The Balaban J connectivity index is 2.17. The van der Waals surface area contributed by atoms with Gasteiger partial charge in [0.05, 0.1) is 0 Å². The third-order valence-corrected chi connectivity index (χ3v) is 3.68. The first-order valence-corrected chi connectivity index (χ1v) is 6.05. The molecule has 0 N–H and O–H groups in total. The van der Waals surface area contributed by atoms with Gasteiger partial charge in [-0.25, -0.2) is 4.98 Å². The summed E-state index contributed by atoms with van der Waals surface area (Å²) in [4.78, 5) is 5.48. The van der Waals surface area contributed by atoms with Crippen LogP contribution in [0.2, 0.25) is 0 Å². The van der Waals surface area contributed by atoms with Crippen molar-refractivity contribution in [3.05, 3.63) is 47.8 Å². The molecular formula is C11H10NS2. The van der Waals surface area contributed by atoms with Crippen molar-refractivity contribution in [2.45, 2.75) is 16.2 Å². The molecule has 14 heavy (non-hydrogen) atoms. The summed E-state index contributed by atoms with van der Waals surface area (Å²) in [6.45, 7) is 2.05. The van der Waals surface area contributed by atoms with E-state index in [9.17, 15) is 0 Å². The molecule has 0 saturated heterocycles. The monoisotopic (exact) mass is 220 g/mol. The molecule has 0 aliphatic carbocycles. The highest BCUT2D eigenvalue weighted by Gasteiger charge is 1.99. The molecule has 2 aromatic rings. The van der Waals surface area contributed by atoms with Gasteiger partial charge in [-0.1, -0.05) is 30.8 Å². The van der Waals surface area contributed by atoms with Crippen molar-refractivity contribution in [1.29, 1.82) is 0 Å². The molecule has 1 aromatic carbocycles. The van der Waals surface area contributed by atoms with Gasteiger partial charge in [-0.2, -0.15) is 0 Å². The van der Waals surface area contributed by atoms with E-state index in [4.69, 9.17) is 0 Å². The van der Waals surface area contributed by atoms with Crippen LogP contribution in [0.25, 0.3) is 0 Å². The van der Waals surface area contributed by atoms with E-state index in [0.717, 1.165) is 4.34 Å². The molecule has 1 aromatic heterocycles. The molecule has 0 amide bonds. The lowest BCUT2D eigenvalue weighted by molar-refractivity contribution is 1.24. The van der Waals surface area contributed by atoms with Gasteiger partial charge in [0.25, 0.3) is 0 Å². The van der Waals surface area contributed by atoms with E-state index in [1.165, 1.54) is 10.5 Å². The van der Waals surface area contributed by atoms with Crippen LogP contribution in [0.5, 0.6) is 0 Å². The Morgan fingerprint density at radius 1 is 1.43 bits per heavy atom. The smallest absolute Gasteiger partial charge is 0.154 e. The van der Waals surface area contributed by atoms with Gasteiger partial charge in [0, 0.05) is 16.5 Å². The molecule has 1 nitrogen and oxygen atoms in total. The van der Waals surface area contributed by atoms with E-state index >= 15 is 0 Å². The lowest BCUT2D eigenvalue weighted by Crippen LogP contribution is -1.77. The topological polar surface area (TPSA) is 12.9 Å². The second-order valence-electron chi connectivity index (χ2n) is 2.76. The first-order chi connectivity index (χ1) is 6.88. The Bertz CT molecular complexity index is 395.